The van der Waals surface area contributed by atoms with Gasteiger partial charge in [-0.1, -0.05) is 12.2 Å². The highest BCUT2D eigenvalue weighted by Crippen LogP contribution is 2.17. The van der Waals surface area contributed by atoms with E-state index in [1.165, 1.54) is 6.04 Å². The summed E-state index contributed by atoms with van der Waals surface area (Å²) in [7, 11) is 0. The zero-order valence-corrected chi connectivity index (χ0v) is 4.91. The lowest BCUT2D eigenvalue weighted by molar-refractivity contribution is 0.390. The maximum atomic E-state index is 3.04. The monoisotopic (exact) mass is 119 g/mol. The van der Waals surface area contributed by atoms with Gasteiger partial charge in [-0.15, -0.1) is 0 Å². The Bertz CT molecular complexity index is 191. The summed E-state index contributed by atoms with van der Waals surface area (Å²) in [4.78, 5) is 0. The van der Waals surface area contributed by atoms with Crippen molar-refractivity contribution in [1.29, 1.82) is 0 Å². The van der Waals surface area contributed by atoms with Gasteiger partial charge < -0.3 is 5.43 Å². The number of hydrazine groups is 1. The predicted octanol–water partition coefficient (Wildman–Crippen LogP) is 0.936. The number of hydrogen-bond acceptors (Lipinski definition) is 2. The molecule has 0 fully saturated rings. The van der Waals surface area contributed by atoms with E-state index in [0.29, 0.717) is 0 Å². The molecule has 0 unspecified atom stereocenters. The molecule has 45 valence electrons. The van der Waals surface area contributed by atoms with Crippen molar-refractivity contribution in [2.75, 3.05) is 0 Å². The molecule has 0 amide bonds. The van der Waals surface area contributed by atoms with E-state index < -0.39 is 0 Å². The van der Waals surface area contributed by atoms with E-state index in [4.69, 9.17) is 0 Å². The summed E-state index contributed by atoms with van der Waals surface area (Å²) < 4.78 is 0. The fourth-order valence-electron chi connectivity index (χ4n) is 0.913. The van der Waals surface area contributed by atoms with Crippen molar-refractivity contribution in [3.05, 3.63) is 42.7 Å². The molecule has 2 rings (SSSR count). The first-order chi connectivity index (χ1) is 4.47. The molecule has 1 N–H and O–H groups in total. The molecule has 1 radical (unpaired) electrons. The van der Waals surface area contributed by atoms with Crippen molar-refractivity contribution >= 4 is 0 Å². The molecule has 0 aromatic carbocycles. The molecule has 0 saturated carbocycles. The first-order valence-electron chi connectivity index (χ1n) is 2.90. The van der Waals surface area contributed by atoms with Crippen LogP contribution in [0.2, 0.25) is 0 Å². The van der Waals surface area contributed by atoms with Crippen LogP contribution in [-0.4, -0.2) is 5.01 Å². The van der Waals surface area contributed by atoms with E-state index in [0.717, 1.165) is 0 Å². The van der Waals surface area contributed by atoms with Gasteiger partial charge in [-0.2, -0.15) is 0 Å². The maximum Gasteiger partial charge on any atom is 0.131 e. The summed E-state index contributed by atoms with van der Waals surface area (Å²) in [5, 5.41) is 1.96. The highest BCUT2D eigenvalue weighted by Gasteiger charge is 2.14. The quantitative estimate of drug-likeness (QED) is 0.510. The Balaban J connectivity index is 2.25. The van der Waals surface area contributed by atoms with E-state index >= 15 is 0 Å². The maximum absolute atomic E-state index is 3.04. The molecule has 0 spiro atoms. The molecule has 0 saturated heterocycles. The third-order valence-corrected chi connectivity index (χ3v) is 1.36. The second kappa shape index (κ2) is 1.65. The Morgan fingerprint density at radius 3 is 3.11 bits per heavy atom. The SMILES string of the molecule is C1=C[C]2C=CNN2C=C1. The molecule has 0 aliphatic carbocycles. The highest BCUT2D eigenvalue weighted by molar-refractivity contribution is 5.31. The smallest absolute Gasteiger partial charge is 0.131 e. The molecule has 2 aliphatic heterocycles. The lowest BCUT2D eigenvalue weighted by Gasteiger charge is -2.20. The largest absolute Gasteiger partial charge is 0.305 e. The number of hydrogen-bond donors (Lipinski definition) is 1. The molecular formula is C7H7N2. The summed E-state index contributed by atoms with van der Waals surface area (Å²) in [6.07, 6.45) is 12.0. The number of allylic oxidation sites excluding steroid dienone is 2. The van der Waals surface area contributed by atoms with Crippen LogP contribution in [0.3, 0.4) is 0 Å². The van der Waals surface area contributed by atoms with Crippen LogP contribution < -0.4 is 5.43 Å². The standard InChI is InChI=1S/C7H7N2/c1-2-6-9-7(3-1)4-5-8-9/h1-6,8H. The summed E-state index contributed by atoms with van der Waals surface area (Å²) in [6.45, 7) is 0. The van der Waals surface area contributed by atoms with E-state index in [1.54, 1.807) is 0 Å². The van der Waals surface area contributed by atoms with Crippen LogP contribution in [0, 0.1) is 6.04 Å². The van der Waals surface area contributed by atoms with Gasteiger partial charge in [-0.25, -0.2) is 0 Å². The third kappa shape index (κ3) is 0.633. The minimum absolute atomic E-state index is 1.19. The predicted molar refractivity (Wildman–Crippen MR) is 35.6 cm³/mol. The number of fused-ring (bicyclic) bond motifs is 1. The molecule has 9 heavy (non-hydrogen) atoms. The number of nitrogens with zero attached hydrogens (tertiary/aromatic N) is 1. The van der Waals surface area contributed by atoms with Crippen molar-refractivity contribution in [2.45, 2.75) is 0 Å². The second-order valence-corrected chi connectivity index (χ2v) is 1.96. The van der Waals surface area contributed by atoms with Gasteiger partial charge in [0.15, 0.2) is 0 Å². The van der Waals surface area contributed by atoms with E-state index in [9.17, 15) is 0 Å². The van der Waals surface area contributed by atoms with Crippen LogP contribution in [0.25, 0.3) is 0 Å². The average Bonchev–Trinajstić information content (AvgIpc) is 2.33. The highest BCUT2D eigenvalue weighted by atomic mass is 15.5. The van der Waals surface area contributed by atoms with E-state index in [-0.39, 0.29) is 0 Å². The van der Waals surface area contributed by atoms with Gasteiger partial charge in [0.2, 0.25) is 0 Å². The lowest BCUT2D eigenvalue weighted by atomic mass is 10.2. The fraction of sp³-hybridized carbons (Fsp3) is 0. The third-order valence-electron chi connectivity index (χ3n) is 1.36. The van der Waals surface area contributed by atoms with Crippen molar-refractivity contribution in [1.82, 2.24) is 10.4 Å². The van der Waals surface area contributed by atoms with Gasteiger partial charge in [-0.3, -0.25) is 5.01 Å². The zero-order chi connectivity index (χ0) is 6.10. The van der Waals surface area contributed by atoms with Gasteiger partial charge in [-0.05, 0) is 12.2 Å². The van der Waals surface area contributed by atoms with Crippen LogP contribution in [-0.2, 0) is 0 Å². The summed E-state index contributed by atoms with van der Waals surface area (Å²) in [5.41, 5.74) is 3.04. The van der Waals surface area contributed by atoms with Gasteiger partial charge in [0.25, 0.3) is 0 Å². The lowest BCUT2D eigenvalue weighted by Crippen LogP contribution is -2.26. The van der Waals surface area contributed by atoms with Gasteiger partial charge in [0.05, 0.1) is 0 Å². The van der Waals surface area contributed by atoms with Crippen LogP contribution in [0.1, 0.15) is 0 Å². The minimum atomic E-state index is 1.19. The van der Waals surface area contributed by atoms with Crippen LogP contribution in [0.5, 0.6) is 0 Å². The molecule has 2 nitrogen and oxygen atoms in total. The summed E-state index contributed by atoms with van der Waals surface area (Å²) in [5.74, 6) is 0. The van der Waals surface area contributed by atoms with Crippen LogP contribution in [0.15, 0.2) is 36.7 Å². The second-order valence-electron chi connectivity index (χ2n) is 1.96. The van der Waals surface area contributed by atoms with Crippen LogP contribution >= 0.6 is 0 Å². The molecule has 0 aromatic heterocycles. The van der Waals surface area contributed by atoms with Crippen molar-refractivity contribution in [3.8, 4) is 0 Å². The zero-order valence-electron chi connectivity index (χ0n) is 4.91. The molecule has 2 heterocycles. The summed E-state index contributed by atoms with van der Waals surface area (Å²) in [6, 6.07) is 1.19. The number of rotatable bonds is 0. The molecule has 0 atom stereocenters. The Kier molecular flexibility index (Phi) is 0.859. The molecule has 2 aliphatic rings. The Morgan fingerprint density at radius 2 is 2.22 bits per heavy atom. The Labute approximate surface area is 54.1 Å². The van der Waals surface area contributed by atoms with Gasteiger partial charge in [0, 0.05) is 12.4 Å². The van der Waals surface area contributed by atoms with Crippen LogP contribution in [0.4, 0.5) is 0 Å². The van der Waals surface area contributed by atoms with E-state index in [2.05, 4.69) is 11.5 Å². The first kappa shape index (κ1) is 4.68. The Hall–Kier alpha value is -1.18. The topological polar surface area (TPSA) is 15.3 Å². The summed E-state index contributed by atoms with van der Waals surface area (Å²) >= 11 is 0. The fourth-order valence-corrected chi connectivity index (χ4v) is 0.913. The first-order valence-corrected chi connectivity index (χ1v) is 2.90. The molecule has 2 heteroatoms. The van der Waals surface area contributed by atoms with Gasteiger partial charge in [0.1, 0.15) is 6.04 Å². The van der Waals surface area contributed by atoms with Crippen molar-refractivity contribution in [2.24, 2.45) is 0 Å². The normalized spacial score (nSPS) is 22.4. The van der Waals surface area contributed by atoms with Crippen molar-refractivity contribution in [3.63, 3.8) is 0 Å². The average molecular weight is 119 g/mol. The van der Waals surface area contributed by atoms with Crippen molar-refractivity contribution < 1.29 is 0 Å². The molecule has 0 bridgehead atoms. The number of nitrogens with one attached hydrogen (secondary N) is 1. The Morgan fingerprint density at radius 1 is 1.22 bits per heavy atom. The van der Waals surface area contributed by atoms with E-state index in [1.807, 2.05) is 35.6 Å². The van der Waals surface area contributed by atoms with Gasteiger partial charge >= 0.3 is 0 Å². The molecule has 0 aromatic rings. The minimum Gasteiger partial charge on any atom is -0.305 e. The molecular weight excluding hydrogens is 112 g/mol.